The van der Waals surface area contributed by atoms with E-state index in [-0.39, 0.29) is 11.7 Å². The van der Waals surface area contributed by atoms with Crippen molar-refractivity contribution in [2.24, 2.45) is 10.8 Å². The SMILES string of the molecule is COc1ccc(C=NNC(N)=S)cc1OCC#N. The van der Waals surface area contributed by atoms with Crippen molar-refractivity contribution in [3.63, 3.8) is 0 Å². The van der Waals surface area contributed by atoms with Gasteiger partial charge in [-0.2, -0.15) is 10.4 Å². The first-order valence-electron chi connectivity index (χ1n) is 4.93. The van der Waals surface area contributed by atoms with Crippen LogP contribution in [-0.2, 0) is 0 Å². The Balaban J connectivity index is 2.85. The second kappa shape index (κ2) is 7.09. The van der Waals surface area contributed by atoms with Crippen molar-refractivity contribution < 1.29 is 9.47 Å². The number of hydrogen-bond acceptors (Lipinski definition) is 5. The molecule has 0 amide bonds. The molecule has 1 aromatic rings. The molecule has 0 radical (unpaired) electrons. The zero-order valence-corrected chi connectivity index (χ0v) is 10.5. The summed E-state index contributed by atoms with van der Waals surface area (Å²) in [6, 6.07) is 7.08. The Morgan fingerprint density at radius 2 is 2.39 bits per heavy atom. The number of hydrogen-bond donors (Lipinski definition) is 2. The Bertz CT molecular complexity index is 496. The molecule has 1 aromatic carbocycles. The normalized spacial score (nSPS) is 9.78. The molecule has 18 heavy (non-hydrogen) atoms. The fourth-order valence-corrected chi connectivity index (χ4v) is 1.22. The van der Waals surface area contributed by atoms with Gasteiger partial charge in [0.15, 0.2) is 23.2 Å². The lowest BCUT2D eigenvalue weighted by Crippen LogP contribution is -2.23. The summed E-state index contributed by atoms with van der Waals surface area (Å²) < 4.78 is 10.3. The van der Waals surface area contributed by atoms with Crippen LogP contribution in [0.15, 0.2) is 23.3 Å². The number of methoxy groups -OCH3 is 1. The second-order valence-electron chi connectivity index (χ2n) is 3.09. The number of nitrogens with one attached hydrogen (secondary N) is 1. The van der Waals surface area contributed by atoms with Crippen LogP contribution in [0.3, 0.4) is 0 Å². The van der Waals surface area contributed by atoms with Crippen LogP contribution in [0.25, 0.3) is 0 Å². The summed E-state index contributed by atoms with van der Waals surface area (Å²) in [7, 11) is 1.52. The minimum Gasteiger partial charge on any atom is -0.493 e. The van der Waals surface area contributed by atoms with Crippen molar-refractivity contribution in [3.8, 4) is 17.6 Å². The summed E-state index contributed by atoms with van der Waals surface area (Å²) in [5.74, 6) is 1.02. The van der Waals surface area contributed by atoms with Gasteiger partial charge >= 0.3 is 0 Å². The third-order valence-corrected chi connectivity index (χ3v) is 1.96. The molecule has 0 aromatic heterocycles. The van der Waals surface area contributed by atoms with Gasteiger partial charge in [-0.05, 0) is 36.0 Å². The average molecular weight is 264 g/mol. The number of hydrazone groups is 1. The predicted octanol–water partition coefficient (Wildman–Crippen LogP) is 0.765. The summed E-state index contributed by atoms with van der Waals surface area (Å²) in [5, 5.41) is 12.4. The topological polar surface area (TPSA) is 92.7 Å². The lowest BCUT2D eigenvalue weighted by atomic mass is 10.2. The smallest absolute Gasteiger partial charge is 0.184 e. The van der Waals surface area contributed by atoms with Gasteiger partial charge in [-0.15, -0.1) is 0 Å². The van der Waals surface area contributed by atoms with E-state index in [1.165, 1.54) is 13.3 Å². The van der Waals surface area contributed by atoms with Crippen molar-refractivity contribution in [1.29, 1.82) is 5.26 Å². The van der Waals surface area contributed by atoms with E-state index in [0.717, 1.165) is 5.56 Å². The number of nitrogens with zero attached hydrogens (tertiary/aromatic N) is 2. The van der Waals surface area contributed by atoms with Crippen LogP contribution in [-0.4, -0.2) is 25.0 Å². The second-order valence-corrected chi connectivity index (χ2v) is 3.53. The lowest BCUT2D eigenvalue weighted by molar-refractivity contribution is 0.329. The molecule has 0 bridgehead atoms. The van der Waals surface area contributed by atoms with E-state index < -0.39 is 0 Å². The van der Waals surface area contributed by atoms with Gasteiger partial charge < -0.3 is 15.2 Å². The van der Waals surface area contributed by atoms with Crippen LogP contribution in [0.2, 0.25) is 0 Å². The molecular weight excluding hydrogens is 252 g/mol. The molecule has 0 aliphatic carbocycles. The average Bonchev–Trinajstić information content (AvgIpc) is 2.36. The van der Waals surface area contributed by atoms with Gasteiger partial charge in [0.05, 0.1) is 13.3 Å². The number of nitrogens with two attached hydrogens (primary N) is 1. The van der Waals surface area contributed by atoms with Gasteiger partial charge in [0.25, 0.3) is 0 Å². The highest BCUT2D eigenvalue weighted by Crippen LogP contribution is 2.27. The van der Waals surface area contributed by atoms with Crippen LogP contribution < -0.4 is 20.6 Å². The minimum absolute atomic E-state index is 0.0535. The van der Waals surface area contributed by atoms with E-state index >= 15 is 0 Å². The summed E-state index contributed by atoms with van der Waals surface area (Å²) in [6.07, 6.45) is 1.53. The Labute approximate surface area is 110 Å². The van der Waals surface area contributed by atoms with Crippen molar-refractivity contribution in [2.45, 2.75) is 0 Å². The largest absolute Gasteiger partial charge is 0.493 e. The Hall–Kier alpha value is -2.33. The van der Waals surface area contributed by atoms with Crippen molar-refractivity contribution >= 4 is 23.5 Å². The molecule has 7 heteroatoms. The molecule has 0 aliphatic rings. The summed E-state index contributed by atoms with van der Waals surface area (Å²) in [5.41, 5.74) is 8.42. The maximum absolute atomic E-state index is 8.48. The fourth-order valence-electron chi connectivity index (χ4n) is 1.17. The first-order chi connectivity index (χ1) is 8.67. The Morgan fingerprint density at radius 1 is 1.61 bits per heavy atom. The van der Waals surface area contributed by atoms with E-state index in [4.69, 9.17) is 20.5 Å². The first-order valence-corrected chi connectivity index (χ1v) is 5.34. The van der Waals surface area contributed by atoms with Crippen LogP contribution in [0.4, 0.5) is 0 Å². The molecule has 0 unspecified atom stereocenters. The standard InChI is InChI=1S/C11H12N4O2S/c1-16-9-3-2-8(7-14-15-11(13)18)6-10(9)17-5-4-12/h2-3,6-7H,5H2,1H3,(H3,13,15,18). The van der Waals surface area contributed by atoms with Crippen molar-refractivity contribution in [1.82, 2.24) is 5.43 Å². The molecule has 3 N–H and O–H groups in total. The van der Waals surface area contributed by atoms with Gasteiger partial charge in [-0.25, -0.2) is 0 Å². The molecular formula is C11H12N4O2S. The number of ether oxygens (including phenoxy) is 2. The maximum atomic E-state index is 8.48. The van der Waals surface area contributed by atoms with E-state index in [1.807, 2.05) is 6.07 Å². The third-order valence-electron chi connectivity index (χ3n) is 1.87. The molecule has 0 aliphatic heterocycles. The van der Waals surface area contributed by atoms with Crippen LogP contribution in [0.1, 0.15) is 5.56 Å². The highest BCUT2D eigenvalue weighted by Gasteiger charge is 2.04. The maximum Gasteiger partial charge on any atom is 0.184 e. The lowest BCUT2D eigenvalue weighted by Gasteiger charge is -2.08. The molecule has 0 atom stereocenters. The molecule has 0 fully saturated rings. The van der Waals surface area contributed by atoms with Crippen molar-refractivity contribution in [3.05, 3.63) is 23.8 Å². The number of benzene rings is 1. The van der Waals surface area contributed by atoms with E-state index in [0.29, 0.717) is 11.5 Å². The van der Waals surface area contributed by atoms with Crippen LogP contribution >= 0.6 is 12.2 Å². The number of thiocarbonyl (C=S) groups is 1. The predicted molar refractivity (Wildman–Crippen MR) is 71.6 cm³/mol. The highest BCUT2D eigenvalue weighted by atomic mass is 32.1. The number of nitriles is 1. The zero-order valence-electron chi connectivity index (χ0n) is 9.71. The molecule has 94 valence electrons. The fraction of sp³-hybridized carbons (Fsp3) is 0.182. The molecule has 0 heterocycles. The van der Waals surface area contributed by atoms with Crippen LogP contribution in [0.5, 0.6) is 11.5 Å². The highest BCUT2D eigenvalue weighted by molar-refractivity contribution is 7.80. The van der Waals surface area contributed by atoms with E-state index in [9.17, 15) is 0 Å². The molecule has 6 nitrogen and oxygen atoms in total. The van der Waals surface area contributed by atoms with Gasteiger partial charge in [-0.3, -0.25) is 5.43 Å². The molecule has 0 saturated heterocycles. The van der Waals surface area contributed by atoms with E-state index in [2.05, 4.69) is 22.7 Å². The molecule has 0 saturated carbocycles. The summed E-state index contributed by atoms with van der Waals surface area (Å²) in [4.78, 5) is 0. The minimum atomic E-state index is -0.0535. The van der Waals surface area contributed by atoms with Crippen molar-refractivity contribution in [2.75, 3.05) is 13.7 Å². The van der Waals surface area contributed by atoms with Gasteiger partial charge in [-0.1, -0.05) is 0 Å². The number of rotatable bonds is 5. The zero-order chi connectivity index (χ0) is 13.4. The molecule has 1 rings (SSSR count). The third kappa shape index (κ3) is 4.27. The first kappa shape index (κ1) is 13.7. The monoisotopic (exact) mass is 264 g/mol. The Kier molecular flexibility index (Phi) is 5.41. The Morgan fingerprint density at radius 3 is 3.00 bits per heavy atom. The van der Waals surface area contributed by atoms with Gasteiger partial charge in [0.1, 0.15) is 6.07 Å². The quantitative estimate of drug-likeness (QED) is 0.463. The van der Waals surface area contributed by atoms with E-state index in [1.54, 1.807) is 18.2 Å². The van der Waals surface area contributed by atoms with Gasteiger partial charge in [0.2, 0.25) is 0 Å². The molecule has 0 spiro atoms. The summed E-state index contributed by atoms with van der Waals surface area (Å²) in [6.45, 7) is -0.0535. The van der Waals surface area contributed by atoms with Gasteiger partial charge in [0, 0.05) is 0 Å². The summed E-state index contributed by atoms with van der Waals surface area (Å²) >= 11 is 4.61. The van der Waals surface area contributed by atoms with Crippen LogP contribution in [0, 0.1) is 11.3 Å².